The lowest BCUT2D eigenvalue weighted by Crippen LogP contribution is -2.48. The Morgan fingerprint density at radius 3 is 2.59 bits per heavy atom. The zero-order valence-electron chi connectivity index (χ0n) is 12.1. The van der Waals surface area contributed by atoms with E-state index in [1.54, 1.807) is 28.2 Å². The Labute approximate surface area is 126 Å². The molecule has 0 N–H and O–H groups in total. The Morgan fingerprint density at radius 2 is 1.82 bits per heavy atom. The summed E-state index contributed by atoms with van der Waals surface area (Å²) in [5.74, 6) is 0.00646. The van der Waals surface area contributed by atoms with Crippen molar-refractivity contribution in [3.05, 3.63) is 23.8 Å². The van der Waals surface area contributed by atoms with Crippen molar-refractivity contribution < 1.29 is 14.2 Å². The van der Waals surface area contributed by atoms with Crippen molar-refractivity contribution in [2.45, 2.75) is 25.7 Å². The highest BCUT2D eigenvalue weighted by atomic mass is 16.6. The second-order valence-corrected chi connectivity index (χ2v) is 5.84. The van der Waals surface area contributed by atoms with Crippen LogP contribution >= 0.6 is 0 Å². The van der Waals surface area contributed by atoms with Gasteiger partial charge in [0, 0.05) is 24.6 Å². The molecule has 22 heavy (non-hydrogen) atoms. The molecule has 2 heterocycles. The van der Waals surface area contributed by atoms with Gasteiger partial charge in [-0.05, 0) is 47.8 Å². The van der Waals surface area contributed by atoms with Gasteiger partial charge in [-0.25, -0.2) is 9.64 Å². The maximum atomic E-state index is 12.7. The van der Waals surface area contributed by atoms with Crippen LogP contribution < -0.4 is 0 Å². The Kier molecular flexibility index (Phi) is 3.06. The summed E-state index contributed by atoms with van der Waals surface area (Å²) in [7, 11) is 0. The molecule has 7 nitrogen and oxygen atoms in total. The normalized spacial score (nSPS) is 18.7. The van der Waals surface area contributed by atoms with Gasteiger partial charge in [-0.15, -0.1) is 0 Å². The standard InChI is InChI=1S/C15H16N4O3/c20-14(10-3-1-4-10)18-7-2-8-19(18)15(21)11-5-6-12-13(9-11)17-22-16-12/h5-6,9-10H,1-4,7-8H2. The number of amides is 2. The fraction of sp³-hybridized carbons (Fsp3) is 0.467. The Balaban J connectivity index is 1.58. The molecule has 1 saturated heterocycles. The molecular formula is C15H16N4O3. The van der Waals surface area contributed by atoms with E-state index < -0.39 is 0 Å². The molecule has 1 aliphatic heterocycles. The lowest BCUT2D eigenvalue weighted by molar-refractivity contribution is -0.147. The van der Waals surface area contributed by atoms with Gasteiger partial charge in [0.1, 0.15) is 11.0 Å². The summed E-state index contributed by atoms with van der Waals surface area (Å²) in [5.41, 5.74) is 1.65. The topological polar surface area (TPSA) is 79.5 Å². The van der Waals surface area contributed by atoms with Crippen LogP contribution in [0.4, 0.5) is 0 Å². The van der Waals surface area contributed by atoms with Gasteiger partial charge in [-0.3, -0.25) is 14.6 Å². The molecule has 0 unspecified atom stereocenters. The van der Waals surface area contributed by atoms with Gasteiger partial charge in [-0.1, -0.05) is 6.42 Å². The highest BCUT2D eigenvalue weighted by molar-refractivity contribution is 5.98. The Hall–Kier alpha value is -2.44. The Bertz CT molecular complexity index is 737. The van der Waals surface area contributed by atoms with Gasteiger partial charge in [-0.2, -0.15) is 0 Å². The van der Waals surface area contributed by atoms with Gasteiger partial charge >= 0.3 is 0 Å². The third-order valence-electron chi connectivity index (χ3n) is 4.48. The fourth-order valence-corrected chi connectivity index (χ4v) is 2.98. The van der Waals surface area contributed by atoms with Crippen LogP contribution in [0.5, 0.6) is 0 Å². The maximum absolute atomic E-state index is 12.7. The molecule has 114 valence electrons. The molecule has 2 fully saturated rings. The lowest BCUT2D eigenvalue weighted by Gasteiger charge is -2.34. The average molecular weight is 300 g/mol. The number of aromatic nitrogens is 2. The van der Waals surface area contributed by atoms with E-state index in [-0.39, 0.29) is 17.7 Å². The number of nitrogens with zero attached hydrogens (tertiary/aromatic N) is 4. The van der Waals surface area contributed by atoms with Crippen LogP contribution in [0.15, 0.2) is 22.8 Å². The van der Waals surface area contributed by atoms with Gasteiger partial charge in [0.05, 0.1) is 0 Å². The summed E-state index contributed by atoms with van der Waals surface area (Å²) in [4.78, 5) is 25.1. The zero-order chi connectivity index (χ0) is 15.1. The molecule has 1 aliphatic carbocycles. The minimum absolute atomic E-state index is 0.0845. The molecule has 2 aromatic rings. The number of rotatable bonds is 2. The first-order valence-electron chi connectivity index (χ1n) is 7.59. The highest BCUT2D eigenvalue weighted by Crippen LogP contribution is 2.30. The first-order valence-corrected chi connectivity index (χ1v) is 7.59. The molecule has 4 rings (SSSR count). The summed E-state index contributed by atoms with van der Waals surface area (Å²) in [6.45, 7) is 1.20. The molecule has 1 aromatic heterocycles. The number of carbonyl (C=O) groups is 2. The summed E-state index contributed by atoms with van der Waals surface area (Å²) >= 11 is 0. The summed E-state index contributed by atoms with van der Waals surface area (Å²) < 4.78 is 4.65. The van der Waals surface area contributed by atoms with Crippen LogP contribution in [-0.2, 0) is 4.79 Å². The second-order valence-electron chi connectivity index (χ2n) is 5.84. The maximum Gasteiger partial charge on any atom is 0.272 e. The predicted molar refractivity (Wildman–Crippen MR) is 76.5 cm³/mol. The molecule has 1 aromatic carbocycles. The summed E-state index contributed by atoms with van der Waals surface area (Å²) in [6.07, 6.45) is 3.80. The van der Waals surface area contributed by atoms with Crippen molar-refractivity contribution in [3.63, 3.8) is 0 Å². The highest BCUT2D eigenvalue weighted by Gasteiger charge is 2.37. The lowest BCUT2D eigenvalue weighted by atomic mass is 9.84. The summed E-state index contributed by atoms with van der Waals surface area (Å²) in [5, 5.41) is 10.7. The first kappa shape index (κ1) is 13.2. The van der Waals surface area contributed by atoms with Crippen LogP contribution in [-0.4, -0.2) is 45.2 Å². The molecule has 7 heteroatoms. The third-order valence-corrected chi connectivity index (χ3v) is 4.48. The molecule has 0 spiro atoms. The number of benzene rings is 1. The first-order chi connectivity index (χ1) is 10.7. The number of hydrogen-bond donors (Lipinski definition) is 0. The zero-order valence-corrected chi connectivity index (χ0v) is 12.1. The molecule has 1 saturated carbocycles. The molecule has 2 amide bonds. The van der Waals surface area contributed by atoms with Gasteiger partial charge in [0.2, 0.25) is 5.91 Å². The van der Waals surface area contributed by atoms with E-state index in [0.29, 0.717) is 29.7 Å². The number of hydrogen-bond acceptors (Lipinski definition) is 5. The minimum Gasteiger partial charge on any atom is -0.273 e. The number of carbonyl (C=O) groups excluding carboxylic acids is 2. The van der Waals surface area contributed by atoms with Crippen molar-refractivity contribution in [2.75, 3.05) is 13.1 Å². The third kappa shape index (κ3) is 2.04. The van der Waals surface area contributed by atoms with Crippen molar-refractivity contribution >= 4 is 22.8 Å². The van der Waals surface area contributed by atoms with Crippen LogP contribution in [0.2, 0.25) is 0 Å². The largest absolute Gasteiger partial charge is 0.273 e. The molecule has 0 radical (unpaired) electrons. The number of fused-ring (bicyclic) bond motifs is 1. The SMILES string of the molecule is O=C(c1ccc2nonc2c1)N1CCCN1C(=O)C1CCC1. The van der Waals surface area contributed by atoms with E-state index in [1.807, 2.05) is 0 Å². The van der Waals surface area contributed by atoms with Crippen LogP contribution in [0, 0.1) is 5.92 Å². The van der Waals surface area contributed by atoms with Crippen molar-refractivity contribution in [3.8, 4) is 0 Å². The van der Waals surface area contributed by atoms with Crippen molar-refractivity contribution in [1.29, 1.82) is 0 Å². The molecular weight excluding hydrogens is 284 g/mol. The van der Waals surface area contributed by atoms with Gasteiger partial charge in [0.15, 0.2) is 0 Å². The quantitative estimate of drug-likeness (QED) is 0.842. The minimum atomic E-state index is -0.171. The average Bonchev–Trinajstić information content (AvgIpc) is 3.12. The monoisotopic (exact) mass is 300 g/mol. The fourth-order valence-electron chi connectivity index (χ4n) is 2.98. The van der Waals surface area contributed by atoms with E-state index in [0.717, 1.165) is 25.7 Å². The van der Waals surface area contributed by atoms with E-state index in [1.165, 1.54) is 0 Å². The van der Waals surface area contributed by atoms with E-state index in [4.69, 9.17) is 0 Å². The number of hydrazine groups is 1. The summed E-state index contributed by atoms with van der Waals surface area (Å²) in [6, 6.07) is 5.05. The van der Waals surface area contributed by atoms with E-state index >= 15 is 0 Å². The van der Waals surface area contributed by atoms with Crippen molar-refractivity contribution in [2.24, 2.45) is 5.92 Å². The smallest absolute Gasteiger partial charge is 0.272 e. The van der Waals surface area contributed by atoms with Crippen molar-refractivity contribution in [1.82, 2.24) is 20.3 Å². The second kappa shape index (κ2) is 5.08. The van der Waals surface area contributed by atoms with Crippen LogP contribution in [0.25, 0.3) is 11.0 Å². The molecule has 0 atom stereocenters. The van der Waals surface area contributed by atoms with E-state index in [2.05, 4.69) is 14.9 Å². The van der Waals surface area contributed by atoms with Crippen LogP contribution in [0.3, 0.4) is 0 Å². The van der Waals surface area contributed by atoms with E-state index in [9.17, 15) is 9.59 Å². The predicted octanol–water partition coefficient (Wildman–Crippen LogP) is 1.61. The van der Waals surface area contributed by atoms with Crippen LogP contribution in [0.1, 0.15) is 36.0 Å². The molecule has 2 aliphatic rings. The van der Waals surface area contributed by atoms with Gasteiger partial charge < -0.3 is 0 Å². The van der Waals surface area contributed by atoms with Gasteiger partial charge in [0.25, 0.3) is 5.91 Å². The molecule has 0 bridgehead atoms. The Morgan fingerprint density at radius 1 is 1.05 bits per heavy atom.